The highest BCUT2D eigenvalue weighted by Gasteiger charge is 2.09. The molecular formula is C7H7N3. The summed E-state index contributed by atoms with van der Waals surface area (Å²) in [5, 5.41) is 8.39. The molecule has 1 rings (SSSR count). The molecule has 0 saturated heterocycles. The molecule has 0 aromatic carbocycles. The zero-order valence-corrected chi connectivity index (χ0v) is 5.33. The van der Waals surface area contributed by atoms with Gasteiger partial charge in [0, 0.05) is 0 Å². The molecule has 50 valence electrons. The molecule has 0 amide bonds. The Labute approximate surface area is 59.7 Å². The van der Waals surface area contributed by atoms with Crippen molar-refractivity contribution in [1.29, 1.82) is 5.26 Å². The fourth-order valence-electron chi connectivity index (χ4n) is 0.671. The summed E-state index contributed by atoms with van der Waals surface area (Å²) < 4.78 is 0. The Hall–Kier alpha value is -1.29. The van der Waals surface area contributed by atoms with Crippen molar-refractivity contribution in [2.75, 3.05) is 0 Å². The molecule has 2 atom stereocenters. The molecular weight excluding hydrogens is 126 g/mol. The summed E-state index contributed by atoms with van der Waals surface area (Å²) in [6, 6.07) is 1.67. The second-order valence-electron chi connectivity index (χ2n) is 1.92. The summed E-state index contributed by atoms with van der Waals surface area (Å²) in [5.41, 5.74) is 5.50. The smallest absolute Gasteiger partial charge is 0.126 e. The summed E-state index contributed by atoms with van der Waals surface area (Å²) >= 11 is 0. The van der Waals surface area contributed by atoms with Crippen LogP contribution < -0.4 is 10.9 Å². The van der Waals surface area contributed by atoms with Crippen LogP contribution in [0, 0.1) is 23.7 Å². The lowest BCUT2D eigenvalue weighted by molar-refractivity contribution is 0.501. The van der Waals surface area contributed by atoms with Crippen molar-refractivity contribution >= 4 is 0 Å². The minimum Gasteiger partial charge on any atom is -0.237 e. The Kier molecular flexibility index (Phi) is 2.07. The lowest BCUT2D eigenvalue weighted by Gasteiger charge is -2.17. The molecule has 3 heteroatoms. The summed E-state index contributed by atoms with van der Waals surface area (Å²) in [6.45, 7) is 0. The molecule has 3 nitrogen and oxygen atoms in total. The van der Waals surface area contributed by atoms with E-state index < -0.39 is 0 Å². The Morgan fingerprint density at radius 3 is 2.30 bits per heavy atom. The molecule has 2 N–H and O–H groups in total. The first-order valence-electron chi connectivity index (χ1n) is 2.92. The molecule has 10 heavy (non-hydrogen) atoms. The highest BCUT2D eigenvalue weighted by molar-refractivity contribution is 5.18. The number of hydrazine groups is 1. The van der Waals surface area contributed by atoms with Crippen LogP contribution in [0.3, 0.4) is 0 Å². The monoisotopic (exact) mass is 133 g/mol. The van der Waals surface area contributed by atoms with Gasteiger partial charge in [0.25, 0.3) is 0 Å². The van der Waals surface area contributed by atoms with Gasteiger partial charge in [0.1, 0.15) is 6.04 Å². The molecule has 0 radical (unpaired) electrons. The molecule has 0 aromatic rings. The quantitative estimate of drug-likeness (QED) is 0.347. The van der Waals surface area contributed by atoms with Gasteiger partial charge in [-0.2, -0.15) is 5.26 Å². The number of hydrogen-bond acceptors (Lipinski definition) is 3. The van der Waals surface area contributed by atoms with Gasteiger partial charge >= 0.3 is 0 Å². The molecule has 0 saturated carbocycles. The predicted octanol–water partition coefficient (Wildman–Crippen LogP) is -0.456. The van der Waals surface area contributed by atoms with Crippen molar-refractivity contribution < 1.29 is 0 Å². The molecule has 0 spiro atoms. The normalized spacial score (nSPS) is 30.6. The predicted molar refractivity (Wildman–Crippen MR) is 37.4 cm³/mol. The van der Waals surface area contributed by atoms with E-state index >= 15 is 0 Å². The van der Waals surface area contributed by atoms with Crippen LogP contribution in [-0.2, 0) is 0 Å². The average Bonchev–Trinajstić information content (AvgIpc) is 2.05. The summed E-state index contributed by atoms with van der Waals surface area (Å²) in [4.78, 5) is 0. The average molecular weight is 133 g/mol. The van der Waals surface area contributed by atoms with Gasteiger partial charge < -0.3 is 0 Å². The zero-order chi connectivity index (χ0) is 7.40. The van der Waals surface area contributed by atoms with Crippen molar-refractivity contribution in [3.05, 3.63) is 12.2 Å². The fraction of sp³-hybridized carbons (Fsp3) is 0.286. The van der Waals surface area contributed by atoms with E-state index in [0.29, 0.717) is 0 Å². The third-order valence-electron chi connectivity index (χ3n) is 1.21. The van der Waals surface area contributed by atoms with Crippen molar-refractivity contribution in [2.24, 2.45) is 0 Å². The van der Waals surface area contributed by atoms with E-state index in [-0.39, 0.29) is 12.1 Å². The van der Waals surface area contributed by atoms with Gasteiger partial charge in [0.05, 0.1) is 12.1 Å². The summed E-state index contributed by atoms with van der Waals surface area (Å²) in [6.07, 6.45) is 8.62. The topological polar surface area (TPSA) is 47.9 Å². The van der Waals surface area contributed by atoms with Crippen LogP contribution in [0.15, 0.2) is 12.2 Å². The number of nitrogens with zero attached hydrogens (tertiary/aromatic N) is 1. The third kappa shape index (κ3) is 1.35. The lowest BCUT2D eigenvalue weighted by Crippen LogP contribution is -2.47. The number of nitriles is 1. The van der Waals surface area contributed by atoms with E-state index in [1.54, 1.807) is 12.2 Å². The molecule has 2 unspecified atom stereocenters. The van der Waals surface area contributed by atoms with E-state index in [4.69, 9.17) is 11.7 Å². The zero-order valence-electron chi connectivity index (χ0n) is 5.33. The van der Waals surface area contributed by atoms with Crippen LogP contribution in [-0.4, -0.2) is 12.1 Å². The highest BCUT2D eigenvalue weighted by Crippen LogP contribution is 1.93. The molecule has 0 aromatic heterocycles. The first-order valence-corrected chi connectivity index (χ1v) is 2.92. The van der Waals surface area contributed by atoms with Crippen molar-refractivity contribution in [3.8, 4) is 18.4 Å². The van der Waals surface area contributed by atoms with Crippen LogP contribution >= 0.6 is 0 Å². The number of nitrogens with one attached hydrogen (secondary N) is 2. The molecule has 1 aliphatic rings. The van der Waals surface area contributed by atoms with Gasteiger partial charge in [-0.05, 0) is 0 Å². The minimum atomic E-state index is -0.260. The maximum atomic E-state index is 8.39. The first-order chi connectivity index (χ1) is 4.86. The van der Waals surface area contributed by atoms with Crippen LogP contribution in [0.4, 0.5) is 0 Å². The van der Waals surface area contributed by atoms with Gasteiger partial charge in [-0.3, -0.25) is 0 Å². The lowest BCUT2D eigenvalue weighted by atomic mass is 10.2. The molecule has 1 heterocycles. The maximum Gasteiger partial charge on any atom is 0.126 e. The van der Waals surface area contributed by atoms with Gasteiger partial charge in [0.2, 0.25) is 0 Å². The number of terminal acetylenes is 1. The fourth-order valence-corrected chi connectivity index (χ4v) is 0.671. The Bertz CT molecular complexity index is 194. The van der Waals surface area contributed by atoms with Gasteiger partial charge in [-0.1, -0.05) is 18.1 Å². The van der Waals surface area contributed by atoms with E-state index in [2.05, 4.69) is 16.8 Å². The number of hydrogen-bond donors (Lipinski definition) is 2. The molecule has 0 aliphatic carbocycles. The van der Waals surface area contributed by atoms with E-state index in [1.165, 1.54) is 0 Å². The third-order valence-corrected chi connectivity index (χ3v) is 1.21. The maximum absolute atomic E-state index is 8.39. The SMILES string of the molecule is C#CC1C=CC(C#N)NN1. The van der Waals surface area contributed by atoms with E-state index in [9.17, 15) is 0 Å². The second-order valence-corrected chi connectivity index (χ2v) is 1.92. The van der Waals surface area contributed by atoms with Crippen LogP contribution in [0.25, 0.3) is 0 Å². The van der Waals surface area contributed by atoms with Crippen LogP contribution in [0.1, 0.15) is 0 Å². The molecule has 0 fully saturated rings. The minimum absolute atomic E-state index is 0.0930. The largest absolute Gasteiger partial charge is 0.237 e. The Morgan fingerprint density at radius 2 is 1.90 bits per heavy atom. The van der Waals surface area contributed by atoms with Crippen molar-refractivity contribution in [1.82, 2.24) is 10.9 Å². The van der Waals surface area contributed by atoms with Crippen molar-refractivity contribution in [3.63, 3.8) is 0 Å². The Morgan fingerprint density at radius 1 is 1.30 bits per heavy atom. The first kappa shape index (κ1) is 6.82. The number of rotatable bonds is 0. The second kappa shape index (κ2) is 3.03. The van der Waals surface area contributed by atoms with E-state index in [0.717, 1.165) is 0 Å². The van der Waals surface area contributed by atoms with Gasteiger partial charge in [-0.25, -0.2) is 10.9 Å². The van der Waals surface area contributed by atoms with Crippen LogP contribution in [0.2, 0.25) is 0 Å². The van der Waals surface area contributed by atoms with Gasteiger partial charge in [0.15, 0.2) is 0 Å². The highest BCUT2D eigenvalue weighted by atomic mass is 15.4. The standard InChI is InChI=1S/C7H7N3/c1-2-6-3-4-7(5-8)10-9-6/h1,3-4,6-7,9-10H. The molecule has 1 aliphatic heterocycles. The van der Waals surface area contributed by atoms with E-state index in [1.807, 2.05) is 6.07 Å². The van der Waals surface area contributed by atoms with Crippen molar-refractivity contribution in [2.45, 2.75) is 12.1 Å². The Balaban J connectivity index is 2.56. The molecule has 0 bridgehead atoms. The van der Waals surface area contributed by atoms with Crippen LogP contribution in [0.5, 0.6) is 0 Å². The summed E-state index contributed by atoms with van der Waals surface area (Å²) in [7, 11) is 0. The summed E-state index contributed by atoms with van der Waals surface area (Å²) in [5.74, 6) is 2.48. The van der Waals surface area contributed by atoms with Gasteiger partial charge in [-0.15, -0.1) is 6.42 Å².